The lowest BCUT2D eigenvalue weighted by atomic mass is 10.1. The van der Waals surface area contributed by atoms with Crippen LogP contribution in [0.15, 0.2) is 54.6 Å². The van der Waals surface area contributed by atoms with Gasteiger partial charge in [0.15, 0.2) is 0 Å². The molecule has 4 rings (SSSR count). The number of nitrogens with zero attached hydrogens (tertiary/aromatic N) is 2. The Bertz CT molecular complexity index is 810. The molecular weight excluding hydrogens is 258 g/mol. The maximum Gasteiger partial charge on any atom is 0.0705 e. The van der Waals surface area contributed by atoms with Gasteiger partial charge in [-0.2, -0.15) is 0 Å². The summed E-state index contributed by atoms with van der Waals surface area (Å²) >= 11 is 0. The van der Waals surface area contributed by atoms with Crippen LogP contribution in [-0.2, 0) is 19.6 Å². The molecule has 21 heavy (non-hydrogen) atoms. The summed E-state index contributed by atoms with van der Waals surface area (Å²) in [5.74, 6) is 0. The molecule has 3 heteroatoms. The van der Waals surface area contributed by atoms with Gasteiger partial charge in [0.25, 0.3) is 0 Å². The number of pyridine rings is 1. The monoisotopic (exact) mass is 275 g/mol. The van der Waals surface area contributed by atoms with Gasteiger partial charge >= 0.3 is 0 Å². The van der Waals surface area contributed by atoms with Crippen molar-refractivity contribution < 1.29 is 0 Å². The Morgan fingerprint density at radius 2 is 1.81 bits per heavy atom. The zero-order valence-corrected chi connectivity index (χ0v) is 11.8. The maximum absolute atomic E-state index is 5.86. The van der Waals surface area contributed by atoms with Gasteiger partial charge in [0.2, 0.25) is 0 Å². The van der Waals surface area contributed by atoms with Gasteiger partial charge in [-0.15, -0.1) is 0 Å². The Labute approximate surface area is 124 Å². The average Bonchev–Trinajstić information content (AvgIpc) is 2.88. The molecule has 0 bridgehead atoms. The van der Waals surface area contributed by atoms with E-state index in [-0.39, 0.29) is 0 Å². The molecule has 104 valence electrons. The molecule has 0 aliphatic carbocycles. The molecule has 0 fully saturated rings. The number of benzene rings is 2. The molecule has 2 aromatic carbocycles. The first-order chi connectivity index (χ1) is 10.3. The summed E-state index contributed by atoms with van der Waals surface area (Å²) in [5, 5.41) is 1.19. The van der Waals surface area contributed by atoms with Gasteiger partial charge in [-0.1, -0.05) is 30.3 Å². The van der Waals surface area contributed by atoms with Gasteiger partial charge in [0.05, 0.1) is 11.2 Å². The summed E-state index contributed by atoms with van der Waals surface area (Å²) in [6.45, 7) is 2.80. The molecule has 0 saturated heterocycles. The lowest BCUT2D eigenvalue weighted by Crippen LogP contribution is -2.16. The van der Waals surface area contributed by atoms with Crippen molar-refractivity contribution in [1.29, 1.82) is 0 Å². The number of aromatic nitrogens is 1. The first kappa shape index (κ1) is 12.4. The normalized spacial score (nSPS) is 14.5. The van der Waals surface area contributed by atoms with Gasteiger partial charge in [0.1, 0.15) is 0 Å². The standard InChI is InChI=1S/C18H17N3/c19-16-7-5-14-10-21(11-15(14)9-16)12-17-8-6-13-3-1-2-4-18(13)20-17/h1-9H,10-12,19H2. The largest absolute Gasteiger partial charge is 0.399 e. The molecule has 1 aliphatic heterocycles. The van der Waals surface area contributed by atoms with Crippen molar-refractivity contribution in [2.24, 2.45) is 0 Å². The highest BCUT2D eigenvalue weighted by atomic mass is 15.1. The zero-order valence-electron chi connectivity index (χ0n) is 11.8. The summed E-state index contributed by atoms with van der Waals surface area (Å²) < 4.78 is 0. The highest BCUT2D eigenvalue weighted by Crippen LogP contribution is 2.26. The molecule has 2 heterocycles. The van der Waals surface area contributed by atoms with Crippen molar-refractivity contribution >= 4 is 16.6 Å². The van der Waals surface area contributed by atoms with Crippen molar-refractivity contribution in [3.8, 4) is 0 Å². The van der Waals surface area contributed by atoms with Gasteiger partial charge in [-0.05, 0) is 35.4 Å². The molecule has 3 aromatic rings. The first-order valence-corrected chi connectivity index (χ1v) is 7.22. The molecular formula is C18H17N3. The fraction of sp³-hybridized carbons (Fsp3) is 0.167. The van der Waals surface area contributed by atoms with Crippen molar-refractivity contribution in [1.82, 2.24) is 9.88 Å². The lowest BCUT2D eigenvalue weighted by molar-refractivity contribution is 0.272. The average molecular weight is 275 g/mol. The minimum absolute atomic E-state index is 0.847. The molecule has 0 atom stereocenters. The summed E-state index contributed by atoms with van der Waals surface area (Å²) in [4.78, 5) is 7.16. The van der Waals surface area contributed by atoms with Crippen LogP contribution in [0.25, 0.3) is 10.9 Å². The second-order valence-electron chi connectivity index (χ2n) is 5.67. The van der Waals surface area contributed by atoms with Gasteiger partial charge in [-0.25, -0.2) is 0 Å². The predicted octanol–water partition coefficient (Wildman–Crippen LogP) is 3.33. The van der Waals surface area contributed by atoms with E-state index in [2.05, 4.69) is 41.3 Å². The van der Waals surface area contributed by atoms with Crippen molar-refractivity contribution in [3.63, 3.8) is 0 Å². The van der Waals surface area contributed by atoms with Crippen molar-refractivity contribution in [2.75, 3.05) is 5.73 Å². The van der Waals surface area contributed by atoms with Crippen LogP contribution >= 0.6 is 0 Å². The molecule has 0 amide bonds. The highest BCUT2D eigenvalue weighted by Gasteiger charge is 2.19. The Morgan fingerprint density at radius 3 is 2.76 bits per heavy atom. The quantitative estimate of drug-likeness (QED) is 0.729. The van der Waals surface area contributed by atoms with Crippen LogP contribution in [0.1, 0.15) is 16.8 Å². The van der Waals surface area contributed by atoms with Crippen LogP contribution in [0.5, 0.6) is 0 Å². The van der Waals surface area contributed by atoms with E-state index in [1.54, 1.807) is 0 Å². The molecule has 3 nitrogen and oxygen atoms in total. The third-order valence-electron chi connectivity index (χ3n) is 4.06. The summed E-state index contributed by atoms with van der Waals surface area (Å²) in [6.07, 6.45) is 0. The molecule has 1 aromatic heterocycles. The highest BCUT2D eigenvalue weighted by molar-refractivity contribution is 5.78. The third kappa shape index (κ3) is 2.36. The van der Waals surface area contributed by atoms with E-state index in [1.807, 2.05) is 18.2 Å². The Hall–Kier alpha value is -2.39. The van der Waals surface area contributed by atoms with E-state index in [0.29, 0.717) is 0 Å². The summed E-state index contributed by atoms with van der Waals surface area (Å²) in [6, 6.07) is 18.7. The number of rotatable bonds is 2. The molecule has 2 N–H and O–H groups in total. The summed E-state index contributed by atoms with van der Waals surface area (Å²) in [5.41, 5.74) is 11.6. The topological polar surface area (TPSA) is 42.1 Å². The number of hydrogen-bond donors (Lipinski definition) is 1. The number of para-hydroxylation sites is 1. The maximum atomic E-state index is 5.86. The minimum Gasteiger partial charge on any atom is -0.399 e. The van der Waals surface area contributed by atoms with Crippen LogP contribution in [-0.4, -0.2) is 9.88 Å². The SMILES string of the molecule is Nc1ccc2c(c1)CN(Cc1ccc3ccccc3n1)C2. The predicted molar refractivity (Wildman–Crippen MR) is 85.5 cm³/mol. The number of anilines is 1. The third-order valence-corrected chi connectivity index (χ3v) is 4.06. The molecule has 0 spiro atoms. The van der Waals surface area contributed by atoms with E-state index in [1.165, 1.54) is 16.5 Å². The second kappa shape index (κ2) is 4.86. The molecule has 0 saturated carbocycles. The van der Waals surface area contributed by atoms with Crippen LogP contribution in [0.2, 0.25) is 0 Å². The van der Waals surface area contributed by atoms with Gasteiger partial charge in [-0.3, -0.25) is 9.88 Å². The lowest BCUT2D eigenvalue weighted by Gasteiger charge is -2.14. The van der Waals surface area contributed by atoms with Crippen molar-refractivity contribution in [3.05, 3.63) is 71.4 Å². The van der Waals surface area contributed by atoms with Crippen LogP contribution < -0.4 is 5.73 Å². The van der Waals surface area contributed by atoms with Gasteiger partial charge in [0, 0.05) is 30.7 Å². The number of nitrogens with two attached hydrogens (primary N) is 1. The molecule has 1 aliphatic rings. The number of hydrogen-bond acceptors (Lipinski definition) is 3. The number of nitrogen functional groups attached to an aromatic ring is 1. The van der Waals surface area contributed by atoms with Crippen LogP contribution in [0.3, 0.4) is 0 Å². The summed E-state index contributed by atoms with van der Waals surface area (Å²) in [7, 11) is 0. The van der Waals surface area contributed by atoms with Crippen LogP contribution in [0, 0.1) is 0 Å². The Balaban J connectivity index is 1.56. The van der Waals surface area contributed by atoms with E-state index in [0.717, 1.165) is 36.5 Å². The smallest absolute Gasteiger partial charge is 0.0705 e. The van der Waals surface area contributed by atoms with Gasteiger partial charge < -0.3 is 5.73 Å². The minimum atomic E-state index is 0.847. The van der Waals surface area contributed by atoms with E-state index in [9.17, 15) is 0 Å². The van der Waals surface area contributed by atoms with E-state index < -0.39 is 0 Å². The first-order valence-electron chi connectivity index (χ1n) is 7.22. The van der Waals surface area contributed by atoms with Crippen molar-refractivity contribution in [2.45, 2.75) is 19.6 Å². The molecule has 0 unspecified atom stereocenters. The van der Waals surface area contributed by atoms with Crippen LogP contribution in [0.4, 0.5) is 5.69 Å². The van der Waals surface area contributed by atoms with E-state index >= 15 is 0 Å². The Morgan fingerprint density at radius 1 is 0.952 bits per heavy atom. The fourth-order valence-corrected chi connectivity index (χ4v) is 3.02. The number of fused-ring (bicyclic) bond motifs is 2. The Kier molecular flexibility index (Phi) is 2.86. The van der Waals surface area contributed by atoms with E-state index in [4.69, 9.17) is 10.7 Å². The second-order valence-corrected chi connectivity index (χ2v) is 5.67. The zero-order chi connectivity index (χ0) is 14.2. The molecule has 0 radical (unpaired) electrons. The fourth-order valence-electron chi connectivity index (χ4n) is 3.02.